The van der Waals surface area contributed by atoms with Gasteiger partial charge in [-0.15, -0.1) is 0 Å². The molecule has 2 aromatic rings. The third-order valence-electron chi connectivity index (χ3n) is 3.46. The van der Waals surface area contributed by atoms with Crippen LogP contribution in [0.15, 0.2) is 24.4 Å². The number of aromatic nitrogens is 1. The molecule has 0 saturated heterocycles. The summed E-state index contributed by atoms with van der Waals surface area (Å²) in [4.78, 5) is 17.0. The van der Waals surface area contributed by atoms with Crippen LogP contribution in [0, 0.1) is 0 Å². The predicted molar refractivity (Wildman–Crippen MR) is 93.3 cm³/mol. The van der Waals surface area contributed by atoms with Crippen molar-refractivity contribution >= 4 is 17.1 Å². The van der Waals surface area contributed by atoms with Crippen LogP contribution in [0.1, 0.15) is 26.3 Å². The van der Waals surface area contributed by atoms with Crippen molar-refractivity contribution in [3.8, 4) is 5.75 Å². The van der Waals surface area contributed by atoms with Crippen molar-refractivity contribution < 1.29 is 19.0 Å². The Hall–Kier alpha value is -2.21. The van der Waals surface area contributed by atoms with Crippen LogP contribution in [0.3, 0.4) is 0 Å². The molecule has 132 valence electrons. The molecule has 6 nitrogen and oxygen atoms in total. The number of likely N-dealkylation sites (N-methyl/N-ethyl adjacent to an activating group) is 1. The van der Waals surface area contributed by atoms with E-state index in [0.717, 1.165) is 23.9 Å². The van der Waals surface area contributed by atoms with Gasteiger partial charge in [0.25, 0.3) is 0 Å². The van der Waals surface area contributed by atoms with Crippen molar-refractivity contribution in [3.05, 3.63) is 30.0 Å². The van der Waals surface area contributed by atoms with Gasteiger partial charge in [0.1, 0.15) is 5.75 Å². The average Bonchev–Trinajstić information content (AvgIpc) is 2.88. The molecular weight excluding hydrogens is 308 g/mol. The second-order valence-corrected chi connectivity index (χ2v) is 6.27. The summed E-state index contributed by atoms with van der Waals surface area (Å²) in [5, 5.41) is 1.02. The molecule has 1 N–H and O–H groups in total. The highest BCUT2D eigenvalue weighted by molar-refractivity contribution is 5.89. The van der Waals surface area contributed by atoms with Crippen molar-refractivity contribution in [2.75, 3.05) is 20.6 Å². The lowest BCUT2D eigenvalue weighted by molar-refractivity contribution is -0.0599. The van der Waals surface area contributed by atoms with E-state index in [1.807, 2.05) is 38.5 Å². The third-order valence-corrected chi connectivity index (χ3v) is 3.46. The Balaban J connectivity index is 2.13. The minimum atomic E-state index is -0.738. The molecule has 2 rings (SSSR count). The minimum absolute atomic E-state index is 0.226. The first-order chi connectivity index (χ1) is 11.4. The van der Waals surface area contributed by atoms with E-state index in [1.165, 1.54) is 5.56 Å². The van der Waals surface area contributed by atoms with Crippen LogP contribution in [-0.4, -0.2) is 49.1 Å². The number of hydrogen-bond acceptors (Lipinski definition) is 5. The molecule has 6 heteroatoms. The van der Waals surface area contributed by atoms with Gasteiger partial charge in [-0.1, -0.05) is 6.07 Å². The van der Waals surface area contributed by atoms with E-state index in [4.69, 9.17) is 14.2 Å². The van der Waals surface area contributed by atoms with E-state index >= 15 is 0 Å². The van der Waals surface area contributed by atoms with Crippen LogP contribution in [0.25, 0.3) is 10.9 Å². The van der Waals surface area contributed by atoms with E-state index in [1.54, 1.807) is 20.8 Å². The SMILES string of the molecule is CC(C)OC(=O)OC(C)Oc1cccc2[nH]cc(CCN(C)C)c12. The zero-order chi connectivity index (χ0) is 17.7. The topological polar surface area (TPSA) is 63.8 Å². The average molecular weight is 334 g/mol. The maximum atomic E-state index is 11.6. The summed E-state index contributed by atoms with van der Waals surface area (Å²) in [5.41, 5.74) is 2.17. The quantitative estimate of drug-likeness (QED) is 0.619. The second-order valence-electron chi connectivity index (χ2n) is 6.27. The number of H-pyrrole nitrogens is 1. The molecular formula is C18H26N2O4. The highest BCUT2D eigenvalue weighted by Crippen LogP contribution is 2.30. The summed E-state index contributed by atoms with van der Waals surface area (Å²) < 4.78 is 15.9. The molecule has 1 aromatic carbocycles. The number of nitrogens with one attached hydrogen (secondary N) is 1. The van der Waals surface area contributed by atoms with E-state index in [0.29, 0.717) is 5.75 Å². The van der Waals surface area contributed by atoms with Gasteiger partial charge in [-0.2, -0.15) is 0 Å². The van der Waals surface area contributed by atoms with Gasteiger partial charge < -0.3 is 24.1 Å². The summed E-state index contributed by atoms with van der Waals surface area (Å²) in [7, 11) is 4.09. The largest absolute Gasteiger partial charge is 0.511 e. The van der Waals surface area contributed by atoms with Gasteiger partial charge >= 0.3 is 6.16 Å². The molecule has 0 aliphatic carbocycles. The molecule has 0 fully saturated rings. The molecule has 1 unspecified atom stereocenters. The van der Waals surface area contributed by atoms with Crippen LogP contribution in [0.5, 0.6) is 5.75 Å². The Kier molecular flexibility index (Phi) is 6.09. The van der Waals surface area contributed by atoms with Gasteiger partial charge in [0.05, 0.1) is 6.10 Å². The maximum Gasteiger partial charge on any atom is 0.511 e. The van der Waals surface area contributed by atoms with Crippen molar-refractivity contribution in [3.63, 3.8) is 0 Å². The summed E-state index contributed by atoms with van der Waals surface area (Å²) in [6.07, 6.45) is 1.21. The first kappa shape index (κ1) is 18.1. The van der Waals surface area contributed by atoms with Gasteiger partial charge in [-0.05, 0) is 52.1 Å². The Morgan fingerprint density at radius 2 is 1.96 bits per heavy atom. The fourth-order valence-electron chi connectivity index (χ4n) is 2.42. The van der Waals surface area contributed by atoms with Crippen LogP contribution < -0.4 is 4.74 Å². The molecule has 0 aliphatic heterocycles. The molecule has 1 atom stereocenters. The third kappa shape index (κ3) is 4.89. The molecule has 0 radical (unpaired) electrons. The number of hydrogen-bond donors (Lipinski definition) is 1. The lowest BCUT2D eigenvalue weighted by Gasteiger charge is -2.17. The molecule has 0 aliphatic rings. The fourth-order valence-corrected chi connectivity index (χ4v) is 2.42. The summed E-state index contributed by atoms with van der Waals surface area (Å²) in [6.45, 7) is 6.15. The molecule has 0 amide bonds. The molecule has 0 bridgehead atoms. The van der Waals surface area contributed by atoms with Crippen LogP contribution in [0.4, 0.5) is 4.79 Å². The number of ether oxygens (including phenoxy) is 3. The smallest absolute Gasteiger partial charge is 0.454 e. The van der Waals surface area contributed by atoms with Gasteiger partial charge in [0.15, 0.2) is 0 Å². The zero-order valence-corrected chi connectivity index (χ0v) is 15.0. The fraction of sp³-hybridized carbons (Fsp3) is 0.500. The van der Waals surface area contributed by atoms with Crippen molar-refractivity contribution in [2.45, 2.75) is 39.6 Å². The first-order valence-electron chi connectivity index (χ1n) is 8.14. The van der Waals surface area contributed by atoms with Gasteiger partial charge in [-0.3, -0.25) is 0 Å². The number of benzene rings is 1. The standard InChI is InChI=1S/C18H26N2O4/c1-12(2)22-18(21)24-13(3)23-16-8-6-7-15-17(16)14(11-19-15)9-10-20(4)5/h6-8,11-13,19H,9-10H2,1-5H3. The number of aromatic amines is 1. The maximum absolute atomic E-state index is 11.6. The lowest BCUT2D eigenvalue weighted by atomic mass is 10.1. The Morgan fingerprint density at radius 3 is 2.62 bits per heavy atom. The van der Waals surface area contributed by atoms with E-state index in [9.17, 15) is 4.79 Å². The summed E-state index contributed by atoms with van der Waals surface area (Å²) in [5.74, 6) is 0.687. The first-order valence-corrected chi connectivity index (χ1v) is 8.14. The highest BCUT2D eigenvalue weighted by atomic mass is 16.8. The van der Waals surface area contributed by atoms with E-state index < -0.39 is 12.4 Å². The highest BCUT2D eigenvalue weighted by Gasteiger charge is 2.16. The summed E-state index contributed by atoms with van der Waals surface area (Å²) in [6, 6.07) is 5.78. The van der Waals surface area contributed by atoms with Crippen molar-refractivity contribution in [2.24, 2.45) is 0 Å². The number of nitrogens with zero attached hydrogens (tertiary/aromatic N) is 1. The van der Waals surface area contributed by atoms with Gasteiger partial charge in [0.2, 0.25) is 6.29 Å². The molecule has 24 heavy (non-hydrogen) atoms. The van der Waals surface area contributed by atoms with Crippen molar-refractivity contribution in [1.82, 2.24) is 9.88 Å². The van der Waals surface area contributed by atoms with E-state index in [-0.39, 0.29) is 6.10 Å². The Bertz CT molecular complexity index is 679. The minimum Gasteiger partial charge on any atom is -0.454 e. The Morgan fingerprint density at radius 1 is 1.21 bits per heavy atom. The molecule has 0 spiro atoms. The Labute approximate surface area is 142 Å². The summed E-state index contributed by atoms with van der Waals surface area (Å²) >= 11 is 0. The number of fused-ring (bicyclic) bond motifs is 1. The monoisotopic (exact) mass is 334 g/mol. The number of carbonyl (C=O) groups excluding carboxylic acids is 1. The molecule has 1 aromatic heterocycles. The predicted octanol–water partition coefficient (Wildman–Crippen LogP) is 3.56. The normalized spacial score (nSPS) is 12.6. The number of rotatable bonds is 7. The van der Waals surface area contributed by atoms with Crippen LogP contribution in [-0.2, 0) is 15.9 Å². The number of carbonyl (C=O) groups is 1. The van der Waals surface area contributed by atoms with Crippen LogP contribution in [0.2, 0.25) is 0 Å². The van der Waals surface area contributed by atoms with Gasteiger partial charge in [-0.25, -0.2) is 4.79 Å². The van der Waals surface area contributed by atoms with Crippen molar-refractivity contribution in [1.29, 1.82) is 0 Å². The second kappa shape index (κ2) is 8.06. The zero-order valence-electron chi connectivity index (χ0n) is 15.0. The molecule has 0 saturated carbocycles. The van der Waals surface area contributed by atoms with E-state index in [2.05, 4.69) is 9.88 Å². The lowest BCUT2D eigenvalue weighted by Crippen LogP contribution is -2.23. The molecule has 1 heterocycles. The van der Waals surface area contributed by atoms with Gasteiger partial charge in [0, 0.05) is 30.6 Å². The van der Waals surface area contributed by atoms with Crippen LogP contribution >= 0.6 is 0 Å².